The Hall–Kier alpha value is -0.190. The molecule has 4 heteroatoms. The molecule has 0 saturated carbocycles. The lowest BCUT2D eigenvalue weighted by Crippen LogP contribution is -2.08. The number of rotatable bonds is 0. The van der Waals surface area contributed by atoms with Crippen molar-refractivity contribution in [2.24, 2.45) is 0 Å². The third-order valence-corrected chi connectivity index (χ3v) is 3.92. The van der Waals surface area contributed by atoms with Gasteiger partial charge in [0, 0.05) is 4.75 Å². The van der Waals surface area contributed by atoms with Crippen molar-refractivity contribution < 1.29 is 5.11 Å². The largest absolute Gasteiger partial charge is 0.508 e. The molecule has 0 aliphatic carbocycles. The van der Waals surface area contributed by atoms with Crippen molar-refractivity contribution in [1.29, 1.82) is 0 Å². The summed E-state index contributed by atoms with van der Waals surface area (Å²) in [5.74, 6) is 0.322. The highest BCUT2D eigenvalue weighted by Gasteiger charge is 2.12. The normalized spacial score (nSPS) is 10.2. The first kappa shape index (κ1) is 15.8. The molecule has 0 spiro atoms. The number of aromatic hydroxyl groups is 1. The monoisotopic (exact) mass is 274 g/mol. The molecule has 0 atom stereocenters. The van der Waals surface area contributed by atoms with Crippen molar-refractivity contribution in [3.05, 3.63) is 30.3 Å². The van der Waals surface area contributed by atoms with E-state index < -0.39 is 0 Å². The number of phenolic OH excluding ortho intramolecular Hbond substituents is 1. The van der Waals surface area contributed by atoms with Gasteiger partial charge in [-0.05, 0) is 18.4 Å². The molecule has 0 fully saturated rings. The van der Waals surface area contributed by atoms with Crippen LogP contribution in [0, 0.1) is 0 Å². The van der Waals surface area contributed by atoms with Gasteiger partial charge in [-0.1, -0.05) is 51.2 Å². The van der Waals surface area contributed by atoms with Crippen molar-refractivity contribution in [2.75, 3.05) is 6.26 Å². The number of hydrogen-bond donors (Lipinski definition) is 1. The molecule has 0 aromatic heterocycles. The fourth-order valence-corrected chi connectivity index (χ4v) is 3.05. The number of benzene rings is 1. The van der Waals surface area contributed by atoms with Crippen LogP contribution in [0.25, 0.3) is 0 Å². The highest BCUT2D eigenvalue weighted by atomic mass is 32.2. The lowest BCUT2D eigenvalue weighted by Gasteiger charge is -2.16. The van der Waals surface area contributed by atoms with Crippen molar-refractivity contribution in [1.82, 2.24) is 0 Å². The first-order valence-corrected chi connectivity index (χ1v) is 7.31. The summed E-state index contributed by atoms with van der Waals surface area (Å²) in [7, 11) is 0. The molecule has 0 heterocycles. The smallest absolute Gasteiger partial charge is 0.115 e. The van der Waals surface area contributed by atoms with Crippen LogP contribution < -0.4 is 0 Å². The number of thiocarbonyl (C=S) groups is 1. The Labute approximate surface area is 112 Å². The average Bonchev–Trinajstić information content (AvgIpc) is 2.17. The number of para-hydroxylation sites is 1. The predicted molar refractivity (Wildman–Crippen MR) is 81.6 cm³/mol. The molecule has 0 aliphatic heterocycles. The Balaban J connectivity index is 0.000000288. The summed E-state index contributed by atoms with van der Waals surface area (Å²) in [5.41, 5.74) is 0. The van der Waals surface area contributed by atoms with Crippen LogP contribution in [0.15, 0.2) is 30.3 Å². The summed E-state index contributed by atoms with van der Waals surface area (Å²) >= 11 is 8.43. The SMILES string of the molecule is CSC(=S)SC(C)(C)C.Oc1ccccc1. The highest BCUT2D eigenvalue weighted by Crippen LogP contribution is 2.28. The van der Waals surface area contributed by atoms with Crippen LogP contribution in [0.2, 0.25) is 0 Å². The Bertz CT molecular complexity index is 304. The summed E-state index contributed by atoms with van der Waals surface area (Å²) in [6.07, 6.45) is 2.01. The van der Waals surface area contributed by atoms with E-state index in [0.717, 1.165) is 3.53 Å². The molecule has 90 valence electrons. The van der Waals surface area contributed by atoms with Gasteiger partial charge in [-0.3, -0.25) is 0 Å². The van der Waals surface area contributed by atoms with Crippen molar-refractivity contribution >= 4 is 39.3 Å². The molecular weight excluding hydrogens is 256 g/mol. The van der Waals surface area contributed by atoms with E-state index in [0.29, 0.717) is 5.75 Å². The summed E-state index contributed by atoms with van der Waals surface area (Å²) in [6, 6.07) is 8.71. The first-order chi connectivity index (χ1) is 7.35. The second-order valence-electron chi connectivity index (χ2n) is 4.00. The fourth-order valence-electron chi connectivity index (χ4n) is 0.720. The minimum atomic E-state index is 0.278. The molecule has 0 aliphatic rings. The van der Waals surface area contributed by atoms with Crippen LogP contribution in [0.5, 0.6) is 5.75 Å². The Kier molecular flexibility index (Phi) is 7.89. The van der Waals surface area contributed by atoms with E-state index in [2.05, 4.69) is 20.8 Å². The Morgan fingerprint density at radius 3 is 1.88 bits per heavy atom. The predicted octanol–water partition coefficient (Wildman–Crippen LogP) is 4.56. The molecule has 0 saturated heterocycles. The molecule has 0 radical (unpaired) electrons. The van der Waals surface area contributed by atoms with E-state index in [1.165, 1.54) is 0 Å². The van der Waals surface area contributed by atoms with E-state index in [4.69, 9.17) is 17.3 Å². The third-order valence-electron chi connectivity index (χ3n) is 1.31. The van der Waals surface area contributed by atoms with E-state index in [-0.39, 0.29) is 4.75 Å². The van der Waals surface area contributed by atoms with Gasteiger partial charge in [-0.25, -0.2) is 0 Å². The number of phenols is 1. The lowest BCUT2D eigenvalue weighted by atomic mass is 10.3. The van der Waals surface area contributed by atoms with Gasteiger partial charge in [-0.2, -0.15) is 0 Å². The van der Waals surface area contributed by atoms with Gasteiger partial charge in [0.2, 0.25) is 0 Å². The van der Waals surface area contributed by atoms with Crippen molar-refractivity contribution in [3.8, 4) is 5.75 Å². The molecule has 1 rings (SSSR count). The Morgan fingerprint density at radius 1 is 1.19 bits per heavy atom. The molecule has 1 aromatic carbocycles. The van der Waals surface area contributed by atoms with Gasteiger partial charge in [0.05, 0.1) is 0 Å². The zero-order valence-electron chi connectivity index (χ0n) is 10.1. The maximum Gasteiger partial charge on any atom is 0.115 e. The lowest BCUT2D eigenvalue weighted by molar-refractivity contribution is 0.475. The molecule has 0 amide bonds. The van der Waals surface area contributed by atoms with Crippen LogP contribution in [0.4, 0.5) is 0 Å². The number of thioether (sulfide) groups is 2. The summed E-state index contributed by atoms with van der Waals surface area (Å²) in [4.78, 5) is 0. The van der Waals surface area contributed by atoms with Crippen LogP contribution in [0.1, 0.15) is 20.8 Å². The summed E-state index contributed by atoms with van der Waals surface area (Å²) in [5, 5.41) is 8.63. The average molecular weight is 274 g/mol. The van der Waals surface area contributed by atoms with Crippen molar-refractivity contribution in [2.45, 2.75) is 25.5 Å². The quantitative estimate of drug-likeness (QED) is 0.700. The molecule has 0 unspecified atom stereocenters. The van der Waals surface area contributed by atoms with E-state index in [9.17, 15) is 0 Å². The molecular formula is C12H18OS3. The Morgan fingerprint density at radius 2 is 1.69 bits per heavy atom. The maximum atomic E-state index is 8.63. The first-order valence-electron chi connectivity index (χ1n) is 4.86. The summed E-state index contributed by atoms with van der Waals surface area (Å²) in [6.45, 7) is 6.50. The van der Waals surface area contributed by atoms with Gasteiger partial charge < -0.3 is 5.11 Å². The molecule has 1 aromatic rings. The summed E-state index contributed by atoms with van der Waals surface area (Å²) < 4.78 is 1.31. The van der Waals surface area contributed by atoms with E-state index >= 15 is 0 Å². The van der Waals surface area contributed by atoms with E-state index in [1.54, 1.807) is 47.8 Å². The highest BCUT2D eigenvalue weighted by molar-refractivity contribution is 8.47. The van der Waals surface area contributed by atoms with Crippen molar-refractivity contribution in [3.63, 3.8) is 0 Å². The van der Waals surface area contributed by atoms with Crippen LogP contribution in [0.3, 0.4) is 0 Å². The molecule has 1 N–H and O–H groups in total. The molecule has 1 nitrogen and oxygen atoms in total. The maximum absolute atomic E-state index is 8.63. The second-order valence-corrected chi connectivity index (χ2v) is 7.84. The van der Waals surface area contributed by atoms with E-state index in [1.807, 2.05) is 12.3 Å². The van der Waals surface area contributed by atoms with Gasteiger partial charge in [0.1, 0.15) is 9.28 Å². The van der Waals surface area contributed by atoms with Crippen LogP contribution >= 0.6 is 35.7 Å². The molecule has 16 heavy (non-hydrogen) atoms. The second kappa shape index (κ2) is 7.98. The van der Waals surface area contributed by atoms with Gasteiger partial charge in [0.25, 0.3) is 0 Å². The topological polar surface area (TPSA) is 20.2 Å². The van der Waals surface area contributed by atoms with Crippen LogP contribution in [-0.2, 0) is 0 Å². The third kappa shape index (κ3) is 10.3. The molecule has 0 bridgehead atoms. The minimum absolute atomic E-state index is 0.278. The standard InChI is InChI=1S/C6H6O.C6H12S3/c7-6-4-2-1-3-5-6;1-6(2,3)9-5(7)8-4/h1-5,7H;1-4H3. The zero-order chi connectivity index (χ0) is 12.6. The fraction of sp³-hybridized carbons (Fsp3) is 0.417. The number of hydrogen-bond acceptors (Lipinski definition) is 4. The van der Waals surface area contributed by atoms with Gasteiger partial charge in [0.15, 0.2) is 0 Å². The van der Waals surface area contributed by atoms with Gasteiger partial charge >= 0.3 is 0 Å². The van der Waals surface area contributed by atoms with Gasteiger partial charge in [-0.15, -0.1) is 23.5 Å². The minimum Gasteiger partial charge on any atom is -0.508 e. The zero-order valence-corrected chi connectivity index (χ0v) is 12.5. The van der Waals surface area contributed by atoms with Crippen LogP contribution in [-0.4, -0.2) is 19.6 Å².